The maximum atomic E-state index is 5.78. The molecule has 3 rings (SSSR count). The number of hydrogen-bond donors (Lipinski definition) is 0. The van der Waals surface area contributed by atoms with E-state index in [0.717, 1.165) is 11.2 Å². The lowest BCUT2D eigenvalue weighted by Crippen LogP contribution is -2.47. The SMILES string of the molecule is CC1(C)COB(c2cccc(-n3cncn3)c2)OC1. The first-order chi connectivity index (χ1) is 9.14. The van der Waals surface area contributed by atoms with Crippen molar-refractivity contribution in [1.82, 2.24) is 14.8 Å². The number of aromatic nitrogens is 3. The van der Waals surface area contributed by atoms with Crippen molar-refractivity contribution in [3.8, 4) is 5.69 Å². The van der Waals surface area contributed by atoms with Gasteiger partial charge in [0.1, 0.15) is 12.7 Å². The third-order valence-corrected chi connectivity index (χ3v) is 3.08. The van der Waals surface area contributed by atoms with E-state index in [1.807, 2.05) is 24.3 Å². The van der Waals surface area contributed by atoms with Crippen LogP contribution < -0.4 is 5.46 Å². The summed E-state index contributed by atoms with van der Waals surface area (Å²) in [6, 6.07) is 7.96. The van der Waals surface area contributed by atoms with E-state index in [9.17, 15) is 0 Å². The van der Waals surface area contributed by atoms with Gasteiger partial charge in [-0.15, -0.1) is 0 Å². The van der Waals surface area contributed by atoms with E-state index in [4.69, 9.17) is 9.31 Å². The Morgan fingerprint density at radius 1 is 1.26 bits per heavy atom. The standard InChI is InChI=1S/C13H16BN3O2/c1-13(2)7-18-14(19-8-13)11-4-3-5-12(6-11)17-10-15-9-16-17/h3-6,9-10H,7-8H2,1-2H3. The maximum Gasteiger partial charge on any atom is 0.493 e. The second kappa shape index (κ2) is 4.79. The Morgan fingerprint density at radius 2 is 2.05 bits per heavy atom. The van der Waals surface area contributed by atoms with Crippen LogP contribution in [0.1, 0.15) is 13.8 Å². The summed E-state index contributed by atoms with van der Waals surface area (Å²) >= 11 is 0. The summed E-state index contributed by atoms with van der Waals surface area (Å²) in [5, 5.41) is 4.12. The van der Waals surface area contributed by atoms with Crippen molar-refractivity contribution >= 4 is 12.6 Å². The first kappa shape index (κ1) is 12.4. The first-order valence-corrected chi connectivity index (χ1v) is 6.32. The van der Waals surface area contributed by atoms with Gasteiger partial charge in [-0.2, -0.15) is 5.10 Å². The third kappa shape index (κ3) is 2.69. The summed E-state index contributed by atoms with van der Waals surface area (Å²) in [7, 11) is -0.295. The van der Waals surface area contributed by atoms with Crippen LogP contribution in [0.15, 0.2) is 36.9 Å². The van der Waals surface area contributed by atoms with Crippen molar-refractivity contribution in [3.63, 3.8) is 0 Å². The minimum absolute atomic E-state index is 0.0833. The van der Waals surface area contributed by atoms with Crippen molar-refractivity contribution in [2.75, 3.05) is 13.2 Å². The minimum Gasteiger partial charge on any atom is -0.407 e. The van der Waals surface area contributed by atoms with Crippen LogP contribution >= 0.6 is 0 Å². The van der Waals surface area contributed by atoms with Crippen LogP contribution in [0.5, 0.6) is 0 Å². The zero-order valence-electron chi connectivity index (χ0n) is 11.1. The van der Waals surface area contributed by atoms with Crippen LogP contribution in [-0.4, -0.2) is 35.1 Å². The summed E-state index contributed by atoms with van der Waals surface area (Å²) in [5.74, 6) is 0. The lowest BCUT2D eigenvalue weighted by atomic mass is 9.76. The molecule has 0 radical (unpaired) electrons. The maximum absolute atomic E-state index is 5.78. The molecule has 0 spiro atoms. The molecule has 1 saturated heterocycles. The lowest BCUT2D eigenvalue weighted by Gasteiger charge is -2.33. The van der Waals surface area contributed by atoms with Gasteiger partial charge in [0.25, 0.3) is 0 Å². The Bertz CT molecular complexity index is 547. The lowest BCUT2D eigenvalue weighted by molar-refractivity contribution is 0.0343. The molecule has 1 aromatic carbocycles. The van der Waals surface area contributed by atoms with Crippen molar-refractivity contribution < 1.29 is 9.31 Å². The average molecular weight is 257 g/mol. The second-order valence-corrected chi connectivity index (χ2v) is 5.55. The minimum atomic E-state index is -0.295. The molecular weight excluding hydrogens is 241 g/mol. The van der Waals surface area contributed by atoms with E-state index in [2.05, 4.69) is 23.9 Å². The van der Waals surface area contributed by atoms with Crippen LogP contribution in [0.25, 0.3) is 5.69 Å². The highest BCUT2D eigenvalue weighted by atomic mass is 16.6. The topological polar surface area (TPSA) is 49.2 Å². The van der Waals surface area contributed by atoms with Crippen molar-refractivity contribution in [3.05, 3.63) is 36.9 Å². The quantitative estimate of drug-likeness (QED) is 0.754. The van der Waals surface area contributed by atoms with Gasteiger partial charge in [0.2, 0.25) is 0 Å². The Morgan fingerprint density at radius 3 is 2.74 bits per heavy atom. The first-order valence-electron chi connectivity index (χ1n) is 6.32. The summed E-state index contributed by atoms with van der Waals surface area (Å²) in [6.07, 6.45) is 3.19. The number of hydrogen-bond acceptors (Lipinski definition) is 4. The third-order valence-electron chi connectivity index (χ3n) is 3.08. The molecule has 1 aliphatic heterocycles. The van der Waals surface area contributed by atoms with Crippen molar-refractivity contribution in [1.29, 1.82) is 0 Å². The summed E-state index contributed by atoms with van der Waals surface area (Å²) < 4.78 is 13.3. The van der Waals surface area contributed by atoms with Crippen LogP contribution in [0.2, 0.25) is 0 Å². The van der Waals surface area contributed by atoms with Gasteiger partial charge in [0.15, 0.2) is 0 Å². The van der Waals surface area contributed by atoms with Gasteiger partial charge in [-0.05, 0) is 17.6 Å². The summed E-state index contributed by atoms with van der Waals surface area (Å²) in [6.45, 7) is 5.67. The highest BCUT2D eigenvalue weighted by Gasteiger charge is 2.33. The van der Waals surface area contributed by atoms with E-state index in [1.54, 1.807) is 11.0 Å². The molecule has 98 valence electrons. The van der Waals surface area contributed by atoms with Gasteiger partial charge in [0.05, 0.1) is 5.69 Å². The predicted octanol–water partition coefficient (Wildman–Crippen LogP) is 1.04. The molecule has 0 bridgehead atoms. The molecule has 1 fully saturated rings. The molecular formula is C13H16BN3O2. The second-order valence-electron chi connectivity index (χ2n) is 5.55. The molecule has 0 N–H and O–H groups in total. The van der Waals surface area contributed by atoms with Crippen molar-refractivity contribution in [2.24, 2.45) is 5.41 Å². The van der Waals surface area contributed by atoms with Gasteiger partial charge in [-0.25, -0.2) is 9.67 Å². The Balaban J connectivity index is 1.81. The molecule has 0 saturated carbocycles. The molecule has 6 heteroatoms. The Labute approximate surface area is 112 Å². The molecule has 5 nitrogen and oxygen atoms in total. The molecule has 0 aliphatic carbocycles. The fourth-order valence-corrected chi connectivity index (χ4v) is 2.04. The van der Waals surface area contributed by atoms with Crippen molar-refractivity contribution in [2.45, 2.75) is 13.8 Å². The number of rotatable bonds is 2. The molecule has 2 heterocycles. The van der Waals surface area contributed by atoms with E-state index in [0.29, 0.717) is 13.2 Å². The van der Waals surface area contributed by atoms with Crippen LogP contribution in [0, 0.1) is 5.41 Å². The van der Waals surface area contributed by atoms with Gasteiger partial charge in [0, 0.05) is 18.6 Å². The van der Waals surface area contributed by atoms with E-state index in [1.165, 1.54) is 6.33 Å². The van der Waals surface area contributed by atoms with E-state index >= 15 is 0 Å². The fraction of sp³-hybridized carbons (Fsp3) is 0.385. The molecule has 1 aromatic heterocycles. The normalized spacial score (nSPS) is 18.5. The van der Waals surface area contributed by atoms with Gasteiger partial charge >= 0.3 is 7.12 Å². The van der Waals surface area contributed by atoms with Crippen LogP contribution in [0.3, 0.4) is 0 Å². The van der Waals surface area contributed by atoms with Crippen LogP contribution in [0.4, 0.5) is 0 Å². The zero-order valence-corrected chi connectivity index (χ0v) is 11.1. The zero-order chi connectivity index (χ0) is 13.3. The molecule has 0 unspecified atom stereocenters. The molecule has 1 aliphatic rings. The molecule has 2 aromatic rings. The highest BCUT2D eigenvalue weighted by Crippen LogP contribution is 2.21. The Hall–Kier alpha value is -1.66. The van der Waals surface area contributed by atoms with Gasteiger partial charge in [-0.3, -0.25) is 0 Å². The molecule has 0 atom stereocenters. The molecule has 19 heavy (non-hydrogen) atoms. The molecule has 0 amide bonds. The average Bonchev–Trinajstić information content (AvgIpc) is 2.93. The largest absolute Gasteiger partial charge is 0.493 e. The summed E-state index contributed by atoms with van der Waals surface area (Å²) in [5.41, 5.74) is 2.04. The number of benzene rings is 1. The van der Waals surface area contributed by atoms with Gasteiger partial charge < -0.3 is 9.31 Å². The summed E-state index contributed by atoms with van der Waals surface area (Å²) in [4.78, 5) is 3.95. The van der Waals surface area contributed by atoms with E-state index < -0.39 is 0 Å². The van der Waals surface area contributed by atoms with Crippen LogP contribution in [-0.2, 0) is 9.31 Å². The monoisotopic (exact) mass is 257 g/mol. The predicted molar refractivity (Wildman–Crippen MR) is 72.4 cm³/mol. The van der Waals surface area contributed by atoms with E-state index in [-0.39, 0.29) is 12.5 Å². The Kier molecular flexibility index (Phi) is 3.12. The highest BCUT2D eigenvalue weighted by molar-refractivity contribution is 6.61. The smallest absolute Gasteiger partial charge is 0.407 e. The fourth-order valence-electron chi connectivity index (χ4n) is 2.04. The van der Waals surface area contributed by atoms with Gasteiger partial charge in [-0.1, -0.05) is 26.0 Å². The number of nitrogens with zero attached hydrogens (tertiary/aromatic N) is 3.